The molecule has 2 rings (SSSR count). The first kappa shape index (κ1) is 11.6. The molecule has 2 aromatic carbocycles. The van der Waals surface area contributed by atoms with Crippen molar-refractivity contribution in [2.75, 3.05) is 0 Å². The highest BCUT2D eigenvalue weighted by atomic mass is 19.1. The van der Waals surface area contributed by atoms with E-state index in [0.29, 0.717) is 0 Å². The molecule has 17 heavy (non-hydrogen) atoms. The molecule has 2 aromatic rings. The molecule has 0 saturated heterocycles. The van der Waals surface area contributed by atoms with Gasteiger partial charge < -0.3 is 5.11 Å². The molecule has 0 radical (unpaired) electrons. The average molecular weight is 228 g/mol. The molecule has 0 heterocycles. The van der Waals surface area contributed by atoms with E-state index in [1.54, 1.807) is 12.1 Å². The van der Waals surface area contributed by atoms with Crippen LogP contribution in [0.5, 0.6) is 0 Å². The average Bonchev–Trinajstić information content (AvgIpc) is 2.39. The second kappa shape index (κ2) is 5.41. The van der Waals surface area contributed by atoms with Gasteiger partial charge in [-0.1, -0.05) is 48.6 Å². The van der Waals surface area contributed by atoms with Crippen LogP contribution in [0.3, 0.4) is 0 Å². The number of aliphatic hydroxyl groups excluding tert-OH is 1. The van der Waals surface area contributed by atoms with E-state index in [0.717, 1.165) is 16.7 Å². The van der Waals surface area contributed by atoms with Crippen molar-refractivity contribution in [3.63, 3.8) is 0 Å². The fraction of sp³-hybridized carbons (Fsp3) is 0.0667. The van der Waals surface area contributed by atoms with Crippen LogP contribution in [0.4, 0.5) is 4.39 Å². The van der Waals surface area contributed by atoms with E-state index < -0.39 is 0 Å². The lowest BCUT2D eigenvalue weighted by Gasteiger charge is -1.97. The van der Waals surface area contributed by atoms with Crippen LogP contribution in [0.2, 0.25) is 0 Å². The maximum absolute atomic E-state index is 12.7. The Labute approximate surface area is 99.9 Å². The summed E-state index contributed by atoms with van der Waals surface area (Å²) in [5, 5.41) is 8.91. The van der Waals surface area contributed by atoms with E-state index in [2.05, 4.69) is 0 Å². The minimum Gasteiger partial charge on any atom is -0.392 e. The lowest BCUT2D eigenvalue weighted by Crippen LogP contribution is -1.81. The molecule has 0 aliphatic heterocycles. The highest BCUT2D eigenvalue weighted by Crippen LogP contribution is 2.10. The summed E-state index contributed by atoms with van der Waals surface area (Å²) >= 11 is 0. The van der Waals surface area contributed by atoms with Crippen molar-refractivity contribution < 1.29 is 9.50 Å². The third-order valence-electron chi connectivity index (χ3n) is 2.50. The summed E-state index contributed by atoms with van der Waals surface area (Å²) in [5.74, 6) is -0.227. The quantitative estimate of drug-likeness (QED) is 0.797. The topological polar surface area (TPSA) is 20.2 Å². The number of rotatable bonds is 3. The molecule has 0 bridgehead atoms. The zero-order chi connectivity index (χ0) is 12.1. The van der Waals surface area contributed by atoms with Gasteiger partial charge in [-0.05, 0) is 28.8 Å². The minimum absolute atomic E-state index is 0.0575. The van der Waals surface area contributed by atoms with Crippen molar-refractivity contribution >= 4 is 12.2 Å². The van der Waals surface area contributed by atoms with E-state index in [4.69, 9.17) is 5.11 Å². The summed E-state index contributed by atoms with van der Waals surface area (Å²) in [7, 11) is 0. The molecule has 0 aliphatic carbocycles. The van der Waals surface area contributed by atoms with Crippen LogP contribution < -0.4 is 0 Å². The molecule has 0 unspecified atom stereocenters. The van der Waals surface area contributed by atoms with Crippen molar-refractivity contribution in [1.29, 1.82) is 0 Å². The van der Waals surface area contributed by atoms with E-state index >= 15 is 0 Å². The second-order valence-electron chi connectivity index (χ2n) is 3.78. The van der Waals surface area contributed by atoms with Crippen LogP contribution in [0.25, 0.3) is 12.2 Å². The number of benzene rings is 2. The lowest BCUT2D eigenvalue weighted by atomic mass is 10.1. The SMILES string of the molecule is OCc1ccc(C=Cc2ccc(F)cc2)cc1. The molecule has 1 N–H and O–H groups in total. The van der Waals surface area contributed by atoms with Crippen LogP contribution >= 0.6 is 0 Å². The molecule has 2 heteroatoms. The number of hydrogen-bond donors (Lipinski definition) is 1. The van der Waals surface area contributed by atoms with Gasteiger partial charge in [0.1, 0.15) is 5.82 Å². The first-order chi connectivity index (χ1) is 8.28. The van der Waals surface area contributed by atoms with Crippen molar-refractivity contribution in [2.24, 2.45) is 0 Å². The molecule has 0 aliphatic rings. The summed E-state index contributed by atoms with van der Waals surface area (Å²) in [6.45, 7) is 0.0575. The normalized spacial score (nSPS) is 10.9. The Hall–Kier alpha value is -1.93. The second-order valence-corrected chi connectivity index (χ2v) is 3.78. The highest BCUT2D eigenvalue weighted by molar-refractivity contribution is 5.69. The van der Waals surface area contributed by atoms with Crippen molar-refractivity contribution in [1.82, 2.24) is 0 Å². The van der Waals surface area contributed by atoms with Gasteiger partial charge in [0.25, 0.3) is 0 Å². The maximum Gasteiger partial charge on any atom is 0.123 e. The van der Waals surface area contributed by atoms with E-state index in [1.165, 1.54) is 12.1 Å². The first-order valence-electron chi connectivity index (χ1n) is 5.41. The molecule has 0 saturated carbocycles. The van der Waals surface area contributed by atoms with Crippen molar-refractivity contribution in [2.45, 2.75) is 6.61 Å². The van der Waals surface area contributed by atoms with Gasteiger partial charge in [0.15, 0.2) is 0 Å². The third-order valence-corrected chi connectivity index (χ3v) is 2.50. The van der Waals surface area contributed by atoms with E-state index in [-0.39, 0.29) is 12.4 Å². The van der Waals surface area contributed by atoms with Gasteiger partial charge in [-0.3, -0.25) is 0 Å². The van der Waals surface area contributed by atoms with Gasteiger partial charge >= 0.3 is 0 Å². The van der Waals surface area contributed by atoms with Crippen LogP contribution in [-0.2, 0) is 6.61 Å². The van der Waals surface area contributed by atoms with Crippen molar-refractivity contribution in [3.8, 4) is 0 Å². The molecular formula is C15H13FO. The molecule has 0 amide bonds. The van der Waals surface area contributed by atoms with Gasteiger partial charge in [-0.15, -0.1) is 0 Å². The Kier molecular flexibility index (Phi) is 3.68. The van der Waals surface area contributed by atoms with E-state index in [1.807, 2.05) is 36.4 Å². The Morgan fingerprint density at radius 2 is 1.29 bits per heavy atom. The zero-order valence-electron chi connectivity index (χ0n) is 9.31. The summed E-state index contributed by atoms with van der Waals surface area (Å²) < 4.78 is 12.7. The Bertz CT molecular complexity index is 497. The monoisotopic (exact) mass is 228 g/mol. The number of aliphatic hydroxyl groups is 1. The highest BCUT2D eigenvalue weighted by Gasteiger charge is 1.91. The van der Waals surface area contributed by atoms with Gasteiger partial charge in [0, 0.05) is 0 Å². The molecular weight excluding hydrogens is 215 g/mol. The molecule has 1 nitrogen and oxygen atoms in total. The molecule has 0 atom stereocenters. The minimum atomic E-state index is -0.227. The predicted octanol–water partition coefficient (Wildman–Crippen LogP) is 3.49. The van der Waals surface area contributed by atoms with Crippen LogP contribution in [-0.4, -0.2) is 5.11 Å². The van der Waals surface area contributed by atoms with Gasteiger partial charge in [0.05, 0.1) is 6.61 Å². The maximum atomic E-state index is 12.7. The largest absolute Gasteiger partial charge is 0.392 e. The Balaban J connectivity index is 2.11. The third kappa shape index (κ3) is 3.26. The van der Waals surface area contributed by atoms with Gasteiger partial charge in [0.2, 0.25) is 0 Å². The summed E-state index contributed by atoms with van der Waals surface area (Å²) in [5.41, 5.74) is 2.90. The molecule has 86 valence electrons. The zero-order valence-corrected chi connectivity index (χ0v) is 9.31. The van der Waals surface area contributed by atoms with Gasteiger partial charge in [-0.2, -0.15) is 0 Å². The Morgan fingerprint density at radius 1 is 0.824 bits per heavy atom. The molecule has 0 spiro atoms. The fourth-order valence-corrected chi connectivity index (χ4v) is 1.50. The summed E-state index contributed by atoms with van der Waals surface area (Å²) in [6, 6.07) is 14.0. The van der Waals surface area contributed by atoms with Gasteiger partial charge in [-0.25, -0.2) is 4.39 Å². The summed E-state index contributed by atoms with van der Waals surface area (Å²) in [6.07, 6.45) is 3.88. The van der Waals surface area contributed by atoms with E-state index in [9.17, 15) is 4.39 Å². The van der Waals surface area contributed by atoms with Crippen molar-refractivity contribution in [3.05, 3.63) is 71.0 Å². The summed E-state index contributed by atoms with van der Waals surface area (Å²) in [4.78, 5) is 0. The molecule has 0 fully saturated rings. The predicted molar refractivity (Wildman–Crippen MR) is 67.7 cm³/mol. The smallest absolute Gasteiger partial charge is 0.123 e. The number of halogens is 1. The standard InChI is InChI=1S/C15H13FO/c16-15-9-7-13(8-10-15)2-1-12-3-5-14(11-17)6-4-12/h1-10,17H,11H2. The van der Waals surface area contributed by atoms with Crippen LogP contribution in [0, 0.1) is 5.82 Å². The number of hydrogen-bond acceptors (Lipinski definition) is 1. The van der Waals surface area contributed by atoms with Crippen LogP contribution in [0.1, 0.15) is 16.7 Å². The molecule has 0 aromatic heterocycles. The van der Waals surface area contributed by atoms with Crippen LogP contribution in [0.15, 0.2) is 48.5 Å². The fourth-order valence-electron chi connectivity index (χ4n) is 1.50. The lowest BCUT2D eigenvalue weighted by molar-refractivity contribution is 0.282. The first-order valence-corrected chi connectivity index (χ1v) is 5.41. The Morgan fingerprint density at radius 3 is 1.76 bits per heavy atom.